The van der Waals surface area contributed by atoms with E-state index in [1.807, 2.05) is 11.6 Å². The molecule has 0 unspecified atom stereocenters. The number of halogens is 3. The number of imidazole rings is 1. The summed E-state index contributed by atoms with van der Waals surface area (Å²) < 4.78 is 17.7. The fourth-order valence-electron chi connectivity index (χ4n) is 2.23. The lowest BCUT2D eigenvalue weighted by Gasteiger charge is -2.06. The second kappa shape index (κ2) is 5.73. The van der Waals surface area contributed by atoms with E-state index in [-0.39, 0.29) is 11.7 Å². The number of nitrogens with zero attached hydrogens (tertiary/aromatic N) is 5. The average Bonchev–Trinajstić information content (AvgIpc) is 3.01. The van der Waals surface area contributed by atoms with E-state index in [9.17, 15) is 4.39 Å². The minimum absolute atomic E-state index is 0.267. The van der Waals surface area contributed by atoms with Crippen LogP contribution in [-0.4, -0.2) is 24.3 Å². The summed E-state index contributed by atoms with van der Waals surface area (Å²) in [4.78, 5) is 8.62. The van der Waals surface area contributed by atoms with Crippen LogP contribution < -0.4 is 0 Å². The van der Waals surface area contributed by atoms with Gasteiger partial charge >= 0.3 is 0 Å². The first kappa shape index (κ1) is 14.5. The van der Waals surface area contributed by atoms with Gasteiger partial charge in [-0.15, -0.1) is 11.6 Å². The minimum Gasteiger partial charge on any atom is -0.326 e. The molecule has 110 valence electrons. The predicted octanol–water partition coefficient (Wildman–Crippen LogP) is 3.05. The number of hydrogen-bond donors (Lipinski definition) is 0. The molecule has 2 aromatic heterocycles. The van der Waals surface area contributed by atoms with Crippen LogP contribution in [0.2, 0.25) is 0 Å². The normalized spacial score (nSPS) is 11.4. The van der Waals surface area contributed by atoms with Crippen LogP contribution >= 0.6 is 27.5 Å². The third-order valence-corrected chi connectivity index (χ3v) is 4.04. The van der Waals surface area contributed by atoms with Crippen LogP contribution in [0.15, 0.2) is 22.9 Å². The molecule has 0 aliphatic heterocycles. The number of fused-ring (bicyclic) bond motifs is 1. The van der Waals surface area contributed by atoms with Crippen molar-refractivity contribution in [3.8, 4) is 0 Å². The minimum atomic E-state index is -0.319. The SMILES string of the molecule is Cn1cnc(CCn2c(CCl)nc3cc(Br)c(F)cc32)n1. The van der Waals surface area contributed by atoms with E-state index >= 15 is 0 Å². The fraction of sp³-hybridized carbons (Fsp3) is 0.308. The van der Waals surface area contributed by atoms with Crippen molar-refractivity contribution in [2.45, 2.75) is 18.8 Å². The zero-order valence-corrected chi connectivity index (χ0v) is 13.6. The van der Waals surface area contributed by atoms with Gasteiger partial charge in [0, 0.05) is 26.1 Å². The lowest BCUT2D eigenvalue weighted by molar-refractivity contribution is 0.619. The summed E-state index contributed by atoms with van der Waals surface area (Å²) in [6.07, 6.45) is 2.29. The lowest BCUT2D eigenvalue weighted by atomic mass is 10.3. The maximum absolute atomic E-state index is 13.8. The van der Waals surface area contributed by atoms with Crippen LogP contribution in [0.1, 0.15) is 11.6 Å². The molecule has 0 saturated carbocycles. The molecule has 1 aromatic carbocycles. The molecular formula is C13H12BrClFN5. The topological polar surface area (TPSA) is 48.5 Å². The standard InChI is InChI=1S/C13H12BrClFN5/c1-20-7-17-12(19-20)2-3-21-11-5-9(16)8(14)4-10(11)18-13(21)6-15/h4-5,7H,2-3,6H2,1H3. The Morgan fingerprint density at radius 2 is 2.19 bits per heavy atom. The Labute approximate surface area is 133 Å². The third-order valence-electron chi connectivity index (χ3n) is 3.19. The van der Waals surface area contributed by atoms with Crippen molar-refractivity contribution < 1.29 is 4.39 Å². The second-order valence-electron chi connectivity index (χ2n) is 4.65. The van der Waals surface area contributed by atoms with Crippen molar-refractivity contribution in [2.75, 3.05) is 0 Å². The number of hydrogen-bond acceptors (Lipinski definition) is 3. The molecular weight excluding hydrogens is 361 g/mol. The molecule has 0 fully saturated rings. The number of benzene rings is 1. The monoisotopic (exact) mass is 371 g/mol. The van der Waals surface area contributed by atoms with Gasteiger partial charge in [0.15, 0.2) is 5.82 Å². The maximum atomic E-state index is 13.8. The summed E-state index contributed by atoms with van der Waals surface area (Å²) in [7, 11) is 1.82. The van der Waals surface area contributed by atoms with E-state index in [0.717, 1.165) is 11.3 Å². The molecule has 0 aliphatic rings. The van der Waals surface area contributed by atoms with Gasteiger partial charge in [-0.25, -0.2) is 14.4 Å². The Balaban J connectivity index is 1.97. The summed E-state index contributed by atoms with van der Waals surface area (Å²) >= 11 is 9.12. The van der Waals surface area contributed by atoms with Crippen molar-refractivity contribution >= 4 is 38.6 Å². The Bertz CT molecular complexity index is 797. The lowest BCUT2D eigenvalue weighted by Crippen LogP contribution is -2.06. The van der Waals surface area contributed by atoms with Crippen molar-refractivity contribution in [1.29, 1.82) is 0 Å². The molecule has 2 heterocycles. The molecule has 0 spiro atoms. The van der Waals surface area contributed by atoms with Gasteiger partial charge in [-0.05, 0) is 22.0 Å². The Hall–Kier alpha value is -1.47. The van der Waals surface area contributed by atoms with Crippen molar-refractivity contribution in [3.05, 3.63) is 40.4 Å². The second-order valence-corrected chi connectivity index (χ2v) is 5.77. The van der Waals surface area contributed by atoms with Crippen LogP contribution in [0, 0.1) is 5.82 Å². The zero-order chi connectivity index (χ0) is 15.0. The first-order valence-electron chi connectivity index (χ1n) is 6.33. The molecule has 3 rings (SSSR count). The molecule has 0 radical (unpaired) electrons. The summed E-state index contributed by atoms with van der Waals surface area (Å²) in [5, 5.41) is 4.23. The van der Waals surface area contributed by atoms with Crippen molar-refractivity contribution in [3.63, 3.8) is 0 Å². The quantitative estimate of drug-likeness (QED) is 0.661. The van der Waals surface area contributed by atoms with Crippen LogP contribution in [0.25, 0.3) is 11.0 Å². The largest absolute Gasteiger partial charge is 0.326 e. The highest BCUT2D eigenvalue weighted by atomic mass is 79.9. The van der Waals surface area contributed by atoms with E-state index in [4.69, 9.17) is 11.6 Å². The molecule has 8 heteroatoms. The van der Waals surface area contributed by atoms with Gasteiger partial charge in [0.2, 0.25) is 0 Å². The highest BCUT2D eigenvalue weighted by molar-refractivity contribution is 9.10. The Morgan fingerprint density at radius 1 is 1.38 bits per heavy atom. The van der Waals surface area contributed by atoms with Crippen LogP contribution in [0.3, 0.4) is 0 Å². The van der Waals surface area contributed by atoms with E-state index in [1.54, 1.807) is 17.1 Å². The first-order chi connectivity index (χ1) is 10.1. The summed E-state index contributed by atoms with van der Waals surface area (Å²) in [6.45, 7) is 0.601. The first-order valence-corrected chi connectivity index (χ1v) is 7.66. The Kier molecular flexibility index (Phi) is 3.95. The predicted molar refractivity (Wildman–Crippen MR) is 81.7 cm³/mol. The van der Waals surface area contributed by atoms with Gasteiger partial charge < -0.3 is 4.57 Å². The molecule has 0 atom stereocenters. The van der Waals surface area contributed by atoms with E-state index < -0.39 is 0 Å². The fourth-order valence-corrected chi connectivity index (χ4v) is 2.77. The van der Waals surface area contributed by atoms with Crippen LogP contribution in [0.5, 0.6) is 0 Å². The summed E-state index contributed by atoms with van der Waals surface area (Å²) in [5.41, 5.74) is 1.44. The molecule has 21 heavy (non-hydrogen) atoms. The van der Waals surface area contributed by atoms with Gasteiger partial charge in [-0.2, -0.15) is 5.10 Å². The van der Waals surface area contributed by atoms with E-state index in [2.05, 4.69) is 31.0 Å². The highest BCUT2D eigenvalue weighted by Gasteiger charge is 2.13. The number of rotatable bonds is 4. The average molecular weight is 373 g/mol. The molecule has 3 aromatic rings. The zero-order valence-electron chi connectivity index (χ0n) is 11.2. The van der Waals surface area contributed by atoms with E-state index in [0.29, 0.717) is 28.8 Å². The van der Waals surface area contributed by atoms with E-state index in [1.165, 1.54) is 6.07 Å². The van der Waals surface area contributed by atoms with Crippen LogP contribution in [0.4, 0.5) is 4.39 Å². The van der Waals surface area contributed by atoms with Gasteiger partial charge in [-0.1, -0.05) is 0 Å². The number of aryl methyl sites for hydroxylation is 3. The Morgan fingerprint density at radius 3 is 2.86 bits per heavy atom. The number of alkyl halides is 1. The van der Waals surface area contributed by atoms with Crippen molar-refractivity contribution in [2.24, 2.45) is 7.05 Å². The van der Waals surface area contributed by atoms with Gasteiger partial charge in [0.1, 0.15) is 18.0 Å². The molecule has 0 saturated heterocycles. The highest BCUT2D eigenvalue weighted by Crippen LogP contribution is 2.25. The smallest absolute Gasteiger partial charge is 0.152 e. The molecule has 5 nitrogen and oxygen atoms in total. The van der Waals surface area contributed by atoms with Gasteiger partial charge in [0.25, 0.3) is 0 Å². The third kappa shape index (κ3) is 2.80. The van der Waals surface area contributed by atoms with Crippen molar-refractivity contribution in [1.82, 2.24) is 24.3 Å². The van der Waals surface area contributed by atoms with Gasteiger partial charge in [-0.3, -0.25) is 4.68 Å². The maximum Gasteiger partial charge on any atom is 0.152 e. The molecule has 0 bridgehead atoms. The summed E-state index contributed by atoms with van der Waals surface area (Å²) in [6, 6.07) is 3.13. The number of aromatic nitrogens is 5. The van der Waals surface area contributed by atoms with Crippen LogP contribution in [-0.2, 0) is 25.9 Å². The molecule has 0 aliphatic carbocycles. The van der Waals surface area contributed by atoms with Gasteiger partial charge in [0.05, 0.1) is 21.4 Å². The molecule has 0 amide bonds. The molecule has 0 N–H and O–H groups in total. The summed E-state index contributed by atoms with van der Waals surface area (Å²) in [5.74, 6) is 1.39.